The normalized spacial score (nSPS) is 40.6. The lowest BCUT2D eigenvalue weighted by Crippen LogP contribution is -2.49. The molecule has 0 amide bonds. The minimum atomic E-state index is 0.525. The molecule has 0 radical (unpaired) electrons. The average Bonchev–Trinajstić information content (AvgIpc) is 2.43. The Balaban J connectivity index is 1.64. The van der Waals surface area contributed by atoms with Crippen LogP contribution in [-0.4, -0.2) is 50.3 Å². The lowest BCUT2D eigenvalue weighted by Gasteiger charge is -2.36. The Labute approximate surface area is 80.4 Å². The number of nitrogens with zero attached hydrogens (tertiary/aromatic N) is 1. The summed E-state index contributed by atoms with van der Waals surface area (Å²) in [7, 11) is 4.00. The fourth-order valence-corrected chi connectivity index (χ4v) is 2.30. The lowest BCUT2D eigenvalue weighted by molar-refractivity contribution is 0.0146. The number of likely N-dealkylation sites (tertiary alicyclic amines) is 1. The van der Waals surface area contributed by atoms with Gasteiger partial charge in [0, 0.05) is 25.7 Å². The fraction of sp³-hybridized carbons (Fsp3) is 1.00. The van der Waals surface area contributed by atoms with E-state index in [4.69, 9.17) is 4.74 Å². The third-order valence-corrected chi connectivity index (χ3v) is 3.29. The van der Waals surface area contributed by atoms with E-state index < -0.39 is 0 Å². The van der Waals surface area contributed by atoms with Gasteiger partial charge in [-0.05, 0) is 32.9 Å². The van der Waals surface area contributed by atoms with Crippen molar-refractivity contribution in [2.45, 2.75) is 37.5 Å². The second-order valence-corrected chi connectivity index (χ2v) is 4.44. The third kappa shape index (κ3) is 2.22. The molecule has 2 aliphatic rings. The van der Waals surface area contributed by atoms with Crippen molar-refractivity contribution in [3.05, 3.63) is 0 Å². The molecule has 0 spiro atoms. The maximum Gasteiger partial charge on any atom is 0.0601 e. The summed E-state index contributed by atoms with van der Waals surface area (Å²) in [5.74, 6) is 0. The van der Waals surface area contributed by atoms with Crippen LogP contribution < -0.4 is 5.32 Å². The molecule has 2 fully saturated rings. The van der Waals surface area contributed by atoms with Crippen LogP contribution in [0.4, 0.5) is 0 Å². The molecule has 1 atom stereocenters. The molecule has 1 aliphatic heterocycles. The van der Waals surface area contributed by atoms with Gasteiger partial charge in [0.1, 0.15) is 0 Å². The summed E-state index contributed by atoms with van der Waals surface area (Å²) in [4.78, 5) is 2.39. The summed E-state index contributed by atoms with van der Waals surface area (Å²) in [6.07, 6.45) is 4.24. The van der Waals surface area contributed by atoms with Gasteiger partial charge in [0.05, 0.1) is 6.10 Å². The maximum atomic E-state index is 5.25. The average molecular weight is 184 g/mol. The molecule has 1 heterocycles. The van der Waals surface area contributed by atoms with Crippen LogP contribution >= 0.6 is 0 Å². The van der Waals surface area contributed by atoms with Crippen molar-refractivity contribution in [3.8, 4) is 0 Å². The Morgan fingerprint density at radius 2 is 2.08 bits per heavy atom. The molecule has 2 rings (SSSR count). The number of ether oxygens (including phenoxy) is 1. The first kappa shape index (κ1) is 9.44. The molecule has 13 heavy (non-hydrogen) atoms. The highest BCUT2D eigenvalue weighted by Gasteiger charge is 2.31. The van der Waals surface area contributed by atoms with Crippen molar-refractivity contribution < 1.29 is 4.74 Å². The van der Waals surface area contributed by atoms with Gasteiger partial charge in [0.2, 0.25) is 0 Å². The Morgan fingerprint density at radius 1 is 1.31 bits per heavy atom. The van der Waals surface area contributed by atoms with E-state index in [1.807, 2.05) is 7.11 Å². The maximum absolute atomic E-state index is 5.25. The van der Waals surface area contributed by atoms with Gasteiger partial charge in [-0.25, -0.2) is 0 Å². The van der Waals surface area contributed by atoms with Gasteiger partial charge >= 0.3 is 0 Å². The van der Waals surface area contributed by atoms with Crippen molar-refractivity contribution in [2.75, 3.05) is 27.2 Å². The minimum absolute atomic E-state index is 0.525. The molecule has 1 saturated carbocycles. The molecule has 0 unspecified atom stereocenters. The summed E-state index contributed by atoms with van der Waals surface area (Å²) in [6.45, 7) is 2.46. The summed E-state index contributed by atoms with van der Waals surface area (Å²) < 4.78 is 5.25. The molecular formula is C10H20N2O. The van der Waals surface area contributed by atoms with E-state index in [0.29, 0.717) is 6.10 Å². The Bertz CT molecular complexity index is 168. The summed E-state index contributed by atoms with van der Waals surface area (Å²) >= 11 is 0. The fourth-order valence-electron chi connectivity index (χ4n) is 2.30. The number of nitrogens with one attached hydrogen (secondary N) is 1. The molecule has 1 N–H and O–H groups in total. The van der Waals surface area contributed by atoms with Crippen molar-refractivity contribution in [3.63, 3.8) is 0 Å². The molecule has 0 aromatic carbocycles. The molecule has 3 nitrogen and oxygen atoms in total. The highest BCUT2D eigenvalue weighted by atomic mass is 16.5. The van der Waals surface area contributed by atoms with Crippen LogP contribution in [0.1, 0.15) is 19.3 Å². The van der Waals surface area contributed by atoms with Crippen LogP contribution in [0.15, 0.2) is 0 Å². The van der Waals surface area contributed by atoms with E-state index in [1.165, 1.54) is 32.4 Å². The Morgan fingerprint density at radius 3 is 2.62 bits per heavy atom. The predicted octanol–water partition coefficient (Wildman–Crippen LogP) is 0.457. The third-order valence-electron chi connectivity index (χ3n) is 3.29. The van der Waals surface area contributed by atoms with E-state index in [-0.39, 0.29) is 0 Å². The predicted molar refractivity (Wildman–Crippen MR) is 52.9 cm³/mol. The monoisotopic (exact) mass is 184 g/mol. The molecule has 0 aromatic rings. The Hall–Kier alpha value is -0.120. The lowest BCUT2D eigenvalue weighted by atomic mass is 9.88. The summed E-state index contributed by atoms with van der Waals surface area (Å²) in [5, 5.41) is 3.69. The second-order valence-electron chi connectivity index (χ2n) is 4.44. The molecule has 0 aromatic heterocycles. The second kappa shape index (κ2) is 3.95. The topological polar surface area (TPSA) is 24.5 Å². The van der Waals surface area contributed by atoms with Crippen molar-refractivity contribution in [1.29, 1.82) is 0 Å². The van der Waals surface area contributed by atoms with Crippen LogP contribution in [0, 0.1) is 0 Å². The molecular weight excluding hydrogens is 164 g/mol. The molecule has 76 valence electrons. The van der Waals surface area contributed by atoms with E-state index in [0.717, 1.165) is 12.1 Å². The summed E-state index contributed by atoms with van der Waals surface area (Å²) in [5.41, 5.74) is 0. The zero-order valence-corrected chi connectivity index (χ0v) is 8.62. The molecule has 1 saturated heterocycles. The van der Waals surface area contributed by atoms with Crippen molar-refractivity contribution in [2.24, 2.45) is 0 Å². The van der Waals surface area contributed by atoms with Gasteiger partial charge in [-0.15, -0.1) is 0 Å². The van der Waals surface area contributed by atoms with Gasteiger partial charge in [-0.1, -0.05) is 0 Å². The number of likely N-dealkylation sites (N-methyl/N-ethyl adjacent to an activating group) is 1. The first-order valence-electron chi connectivity index (χ1n) is 5.25. The highest BCUT2D eigenvalue weighted by Crippen LogP contribution is 2.23. The van der Waals surface area contributed by atoms with Crippen LogP contribution in [0.2, 0.25) is 0 Å². The number of hydrogen-bond donors (Lipinski definition) is 1. The SMILES string of the molecule is COC1CC(N[C@H]2CCN(C)C2)C1. The summed E-state index contributed by atoms with van der Waals surface area (Å²) in [6, 6.07) is 1.45. The van der Waals surface area contributed by atoms with Crippen molar-refractivity contribution in [1.82, 2.24) is 10.2 Å². The Kier molecular flexibility index (Phi) is 2.86. The van der Waals surface area contributed by atoms with Gasteiger partial charge in [0.25, 0.3) is 0 Å². The molecule has 1 aliphatic carbocycles. The molecule has 0 bridgehead atoms. The highest BCUT2D eigenvalue weighted by molar-refractivity contribution is 4.90. The minimum Gasteiger partial charge on any atom is -0.381 e. The largest absolute Gasteiger partial charge is 0.381 e. The number of rotatable bonds is 3. The number of hydrogen-bond acceptors (Lipinski definition) is 3. The first-order valence-corrected chi connectivity index (χ1v) is 5.25. The van der Waals surface area contributed by atoms with E-state index in [9.17, 15) is 0 Å². The van der Waals surface area contributed by atoms with E-state index >= 15 is 0 Å². The van der Waals surface area contributed by atoms with E-state index in [2.05, 4.69) is 17.3 Å². The van der Waals surface area contributed by atoms with E-state index in [1.54, 1.807) is 0 Å². The first-order chi connectivity index (χ1) is 6.28. The molecule has 3 heteroatoms. The van der Waals surface area contributed by atoms with Crippen LogP contribution in [0.5, 0.6) is 0 Å². The van der Waals surface area contributed by atoms with Crippen molar-refractivity contribution >= 4 is 0 Å². The van der Waals surface area contributed by atoms with Crippen LogP contribution in [0.25, 0.3) is 0 Å². The van der Waals surface area contributed by atoms with Gasteiger partial charge < -0.3 is 15.0 Å². The van der Waals surface area contributed by atoms with Crippen LogP contribution in [0.3, 0.4) is 0 Å². The number of methoxy groups -OCH3 is 1. The van der Waals surface area contributed by atoms with Gasteiger partial charge in [-0.3, -0.25) is 0 Å². The smallest absolute Gasteiger partial charge is 0.0601 e. The van der Waals surface area contributed by atoms with Crippen LogP contribution in [-0.2, 0) is 4.74 Å². The van der Waals surface area contributed by atoms with Gasteiger partial charge in [0.15, 0.2) is 0 Å². The zero-order chi connectivity index (χ0) is 9.26. The van der Waals surface area contributed by atoms with Gasteiger partial charge in [-0.2, -0.15) is 0 Å². The quantitative estimate of drug-likeness (QED) is 0.689. The zero-order valence-electron chi connectivity index (χ0n) is 8.62. The standard InChI is InChI=1S/C10H20N2O/c1-12-4-3-8(7-12)11-9-5-10(6-9)13-2/h8-11H,3-7H2,1-2H3/t8-,9?,10?/m0/s1.